The van der Waals surface area contributed by atoms with Crippen molar-refractivity contribution >= 4 is 5.90 Å². The van der Waals surface area contributed by atoms with E-state index in [-0.39, 0.29) is 17.7 Å². The normalized spacial score (nSPS) is 19.9. The van der Waals surface area contributed by atoms with Crippen molar-refractivity contribution in [2.45, 2.75) is 18.8 Å². The molecule has 0 radical (unpaired) electrons. The van der Waals surface area contributed by atoms with Gasteiger partial charge in [-0.1, -0.05) is 67.6 Å². The van der Waals surface area contributed by atoms with Crippen molar-refractivity contribution in [2.75, 3.05) is 0 Å². The van der Waals surface area contributed by atoms with E-state index in [1.165, 1.54) is 0 Å². The fourth-order valence-electron chi connectivity index (χ4n) is 3.68. The van der Waals surface area contributed by atoms with Gasteiger partial charge in [0.2, 0.25) is 11.8 Å². The van der Waals surface area contributed by atoms with E-state index < -0.39 is 5.92 Å². The predicted molar refractivity (Wildman–Crippen MR) is 99.1 cm³/mol. The van der Waals surface area contributed by atoms with Crippen LogP contribution in [0.2, 0.25) is 0 Å². The molecule has 26 heavy (non-hydrogen) atoms. The predicted octanol–water partition coefficient (Wildman–Crippen LogP) is 4.47. The summed E-state index contributed by atoms with van der Waals surface area (Å²) >= 11 is 0. The maximum atomic E-state index is 9.75. The van der Waals surface area contributed by atoms with Crippen molar-refractivity contribution in [1.82, 2.24) is 10.2 Å². The van der Waals surface area contributed by atoms with Crippen LogP contribution >= 0.6 is 0 Å². The number of nitrogens with one attached hydrogen (secondary N) is 2. The Morgan fingerprint density at radius 2 is 1.77 bits per heavy atom. The minimum atomic E-state index is -0.655. The van der Waals surface area contributed by atoms with Crippen LogP contribution in [-0.4, -0.2) is 16.1 Å². The molecule has 128 valence electrons. The summed E-state index contributed by atoms with van der Waals surface area (Å²) < 4.78 is 5.57. The lowest BCUT2D eigenvalue weighted by Gasteiger charge is -2.32. The molecule has 1 aliphatic rings. The van der Waals surface area contributed by atoms with Crippen LogP contribution < -0.4 is 4.74 Å². The lowest BCUT2D eigenvalue weighted by Crippen LogP contribution is -2.32. The molecule has 0 fully saturated rings. The van der Waals surface area contributed by atoms with Gasteiger partial charge in [-0.3, -0.25) is 10.5 Å². The summed E-state index contributed by atoms with van der Waals surface area (Å²) in [6, 6.07) is 22.2. The molecule has 2 heterocycles. The van der Waals surface area contributed by atoms with Crippen LogP contribution in [0.5, 0.6) is 5.88 Å². The number of H-pyrrole nitrogens is 1. The van der Waals surface area contributed by atoms with E-state index in [1.807, 2.05) is 48.5 Å². The molecule has 2 aromatic carbocycles. The second-order valence-electron chi connectivity index (χ2n) is 6.48. The quantitative estimate of drug-likeness (QED) is 0.736. The Bertz CT molecular complexity index is 972. The molecule has 0 saturated heterocycles. The van der Waals surface area contributed by atoms with E-state index in [4.69, 9.17) is 10.1 Å². The Morgan fingerprint density at radius 3 is 2.42 bits per heavy atom. The number of nitriles is 1. The van der Waals surface area contributed by atoms with Crippen LogP contribution in [0.1, 0.15) is 29.9 Å². The fourth-order valence-corrected chi connectivity index (χ4v) is 3.68. The summed E-state index contributed by atoms with van der Waals surface area (Å²) in [5.74, 6) is -0.485. The zero-order valence-corrected chi connectivity index (χ0v) is 14.3. The number of fused-ring (bicyclic) bond motifs is 1. The van der Waals surface area contributed by atoms with Crippen LogP contribution in [0.25, 0.3) is 11.3 Å². The summed E-state index contributed by atoms with van der Waals surface area (Å²) in [6.45, 7) is 2.09. The summed E-state index contributed by atoms with van der Waals surface area (Å²) in [5.41, 5.74) is 3.83. The number of rotatable bonds is 3. The van der Waals surface area contributed by atoms with Gasteiger partial charge in [0.05, 0.1) is 11.8 Å². The van der Waals surface area contributed by atoms with Crippen LogP contribution in [0.4, 0.5) is 0 Å². The van der Waals surface area contributed by atoms with Crippen LogP contribution in [-0.2, 0) is 0 Å². The molecular formula is C21H18N4O. The van der Waals surface area contributed by atoms with E-state index in [9.17, 15) is 5.26 Å². The standard InChI is InChI=1S/C21H18N4O/c1-13(14-8-4-2-5-9-14)17-16(12-22)20(23)26-21-18(17)19(24-25-21)15-10-6-3-7-11-15/h2-11,13,16-17,23H,1H3,(H,24,25). The van der Waals surface area contributed by atoms with Crippen molar-refractivity contribution in [2.24, 2.45) is 5.92 Å². The number of aromatic amines is 1. The Kier molecular flexibility index (Phi) is 4.02. The van der Waals surface area contributed by atoms with E-state index in [0.29, 0.717) is 5.88 Å². The van der Waals surface area contributed by atoms with Crippen LogP contribution in [0.3, 0.4) is 0 Å². The molecule has 0 bridgehead atoms. The molecule has 5 nitrogen and oxygen atoms in total. The molecule has 3 atom stereocenters. The monoisotopic (exact) mass is 342 g/mol. The second-order valence-corrected chi connectivity index (χ2v) is 6.48. The van der Waals surface area contributed by atoms with Crippen molar-refractivity contribution in [3.05, 3.63) is 71.8 Å². The van der Waals surface area contributed by atoms with Crippen molar-refractivity contribution in [1.29, 1.82) is 10.7 Å². The first kappa shape index (κ1) is 16.1. The summed E-state index contributed by atoms with van der Waals surface area (Å²) in [6.07, 6.45) is 0. The third-order valence-electron chi connectivity index (χ3n) is 5.02. The van der Waals surface area contributed by atoms with Gasteiger partial charge in [0, 0.05) is 11.5 Å². The molecule has 2 N–H and O–H groups in total. The van der Waals surface area contributed by atoms with Gasteiger partial charge in [-0.05, 0) is 17.0 Å². The van der Waals surface area contributed by atoms with Gasteiger partial charge in [0.15, 0.2) is 0 Å². The highest BCUT2D eigenvalue weighted by atomic mass is 16.5. The molecule has 3 aromatic rings. The zero-order valence-electron chi connectivity index (χ0n) is 14.3. The highest BCUT2D eigenvalue weighted by molar-refractivity contribution is 5.85. The molecule has 3 unspecified atom stereocenters. The summed E-state index contributed by atoms with van der Waals surface area (Å²) in [4.78, 5) is 0. The molecular weight excluding hydrogens is 324 g/mol. The van der Waals surface area contributed by atoms with Crippen molar-refractivity contribution in [3.8, 4) is 23.2 Å². The minimum Gasteiger partial charge on any atom is -0.422 e. The van der Waals surface area contributed by atoms with E-state index in [2.05, 4.69) is 35.3 Å². The SMILES string of the molecule is CC(c1ccccc1)C1c2c(n[nH]c2-c2ccccc2)OC(=N)C1C#N. The molecule has 0 saturated carbocycles. The van der Waals surface area contributed by atoms with Crippen molar-refractivity contribution in [3.63, 3.8) is 0 Å². The minimum absolute atomic E-state index is 0.0314. The lowest BCUT2D eigenvalue weighted by molar-refractivity contribution is 0.393. The van der Waals surface area contributed by atoms with Crippen LogP contribution in [0.15, 0.2) is 60.7 Å². The zero-order chi connectivity index (χ0) is 18.1. The molecule has 0 aliphatic carbocycles. The first-order chi connectivity index (χ1) is 12.7. The fraction of sp³-hybridized carbons (Fsp3) is 0.190. The third-order valence-corrected chi connectivity index (χ3v) is 5.02. The maximum absolute atomic E-state index is 9.75. The number of nitrogens with zero attached hydrogens (tertiary/aromatic N) is 2. The smallest absolute Gasteiger partial charge is 0.243 e. The second kappa shape index (κ2) is 6.49. The highest BCUT2D eigenvalue weighted by Crippen LogP contribution is 2.48. The van der Waals surface area contributed by atoms with Gasteiger partial charge in [-0.15, -0.1) is 5.10 Å². The van der Waals surface area contributed by atoms with Gasteiger partial charge in [0.25, 0.3) is 0 Å². The van der Waals surface area contributed by atoms with Crippen LogP contribution in [0, 0.1) is 22.7 Å². The first-order valence-corrected chi connectivity index (χ1v) is 8.55. The van der Waals surface area contributed by atoms with Crippen molar-refractivity contribution < 1.29 is 4.74 Å². The molecule has 4 rings (SSSR count). The summed E-state index contributed by atoms with van der Waals surface area (Å²) in [7, 11) is 0. The topological polar surface area (TPSA) is 85.5 Å². The van der Waals surface area contributed by atoms with Gasteiger partial charge in [0.1, 0.15) is 5.92 Å². The largest absolute Gasteiger partial charge is 0.422 e. The number of aromatic nitrogens is 2. The number of hydrogen-bond donors (Lipinski definition) is 2. The average Bonchev–Trinajstić information content (AvgIpc) is 3.11. The number of benzene rings is 2. The Morgan fingerprint density at radius 1 is 1.12 bits per heavy atom. The molecule has 1 aromatic heterocycles. The maximum Gasteiger partial charge on any atom is 0.243 e. The Balaban J connectivity index is 1.89. The van der Waals surface area contributed by atoms with Gasteiger partial charge in [-0.2, -0.15) is 5.26 Å². The highest BCUT2D eigenvalue weighted by Gasteiger charge is 2.42. The molecule has 1 aliphatic heterocycles. The lowest BCUT2D eigenvalue weighted by atomic mass is 9.73. The molecule has 5 heteroatoms. The van der Waals surface area contributed by atoms with Gasteiger partial charge < -0.3 is 4.74 Å². The average molecular weight is 342 g/mol. The Labute approximate surface area is 151 Å². The van der Waals surface area contributed by atoms with E-state index in [0.717, 1.165) is 22.4 Å². The molecule has 0 spiro atoms. The molecule has 0 amide bonds. The number of ether oxygens (including phenoxy) is 1. The first-order valence-electron chi connectivity index (χ1n) is 8.55. The van der Waals surface area contributed by atoms with Gasteiger partial charge >= 0.3 is 0 Å². The van der Waals surface area contributed by atoms with E-state index in [1.54, 1.807) is 0 Å². The van der Waals surface area contributed by atoms with Gasteiger partial charge in [-0.25, -0.2) is 0 Å². The third kappa shape index (κ3) is 2.56. The Hall–Kier alpha value is -3.39. The summed E-state index contributed by atoms with van der Waals surface area (Å²) in [5, 5.41) is 25.3. The number of hydrogen-bond acceptors (Lipinski definition) is 4. The van der Waals surface area contributed by atoms with E-state index >= 15 is 0 Å².